The summed E-state index contributed by atoms with van der Waals surface area (Å²) in [6, 6.07) is 18.0. The van der Waals surface area contributed by atoms with Crippen LogP contribution in [-0.4, -0.2) is 38.9 Å². The van der Waals surface area contributed by atoms with Crippen molar-refractivity contribution in [3.63, 3.8) is 0 Å². The molecule has 1 aliphatic rings. The molecule has 0 radical (unpaired) electrons. The van der Waals surface area contributed by atoms with Gasteiger partial charge in [0.2, 0.25) is 10.0 Å². The minimum absolute atomic E-state index is 0.314. The molecule has 7 heteroatoms. The second-order valence-electron chi connectivity index (χ2n) is 6.93. The van der Waals surface area contributed by atoms with Crippen molar-refractivity contribution in [1.29, 1.82) is 0 Å². The van der Waals surface area contributed by atoms with E-state index in [0.717, 1.165) is 30.9 Å². The number of nitrogens with one attached hydrogen (secondary N) is 3. The number of sulfonamides is 1. The molecule has 1 fully saturated rings. The molecule has 6 nitrogen and oxygen atoms in total. The third kappa shape index (κ3) is 3.95. The summed E-state index contributed by atoms with van der Waals surface area (Å²) in [4.78, 5) is 3.36. The molecule has 0 bridgehead atoms. The maximum Gasteiger partial charge on any atom is 0.272 e. The molecular weight excluding hydrogens is 372 g/mol. The van der Waals surface area contributed by atoms with E-state index in [0.29, 0.717) is 24.5 Å². The van der Waals surface area contributed by atoms with Crippen LogP contribution in [0.4, 0.5) is 11.5 Å². The van der Waals surface area contributed by atoms with Gasteiger partial charge in [-0.3, -0.25) is 5.32 Å². The summed E-state index contributed by atoms with van der Waals surface area (Å²) in [7, 11) is -3.38. The highest BCUT2D eigenvalue weighted by Crippen LogP contribution is 2.23. The molecule has 28 heavy (non-hydrogen) atoms. The normalized spacial score (nSPS) is 15.0. The quantitative estimate of drug-likeness (QED) is 0.601. The van der Waals surface area contributed by atoms with E-state index in [1.165, 1.54) is 10.8 Å². The Morgan fingerprint density at radius 1 is 0.893 bits per heavy atom. The SMILES string of the molecule is O=S(=O)(c1ccc(NCCNc2cccc3ccccc23)[nH+]c1)N1CCCC1. The minimum atomic E-state index is -3.38. The van der Waals surface area contributed by atoms with Crippen molar-refractivity contribution in [2.45, 2.75) is 17.7 Å². The maximum atomic E-state index is 12.5. The molecule has 1 saturated heterocycles. The van der Waals surface area contributed by atoms with E-state index in [2.05, 4.69) is 39.9 Å². The predicted molar refractivity (Wildman–Crippen MR) is 112 cm³/mol. The Bertz CT molecular complexity index is 1040. The van der Waals surface area contributed by atoms with Gasteiger partial charge in [-0.2, -0.15) is 4.31 Å². The second kappa shape index (κ2) is 8.16. The van der Waals surface area contributed by atoms with Crippen LogP contribution < -0.4 is 15.6 Å². The number of aromatic nitrogens is 1. The molecule has 0 amide bonds. The number of pyridine rings is 1. The fourth-order valence-corrected chi connectivity index (χ4v) is 5.02. The van der Waals surface area contributed by atoms with Gasteiger partial charge in [0.05, 0.1) is 6.54 Å². The first-order chi connectivity index (χ1) is 13.6. The van der Waals surface area contributed by atoms with Gasteiger partial charge >= 0.3 is 0 Å². The number of hydrogen-bond acceptors (Lipinski definition) is 4. The molecule has 0 unspecified atom stereocenters. The van der Waals surface area contributed by atoms with Crippen LogP contribution in [0.3, 0.4) is 0 Å². The number of aromatic amines is 1. The largest absolute Gasteiger partial charge is 0.381 e. The van der Waals surface area contributed by atoms with E-state index in [4.69, 9.17) is 0 Å². The second-order valence-corrected chi connectivity index (χ2v) is 8.87. The lowest BCUT2D eigenvalue weighted by atomic mass is 10.1. The molecule has 0 atom stereocenters. The van der Waals surface area contributed by atoms with Crippen molar-refractivity contribution in [2.75, 3.05) is 36.8 Å². The lowest BCUT2D eigenvalue weighted by Crippen LogP contribution is -2.29. The first-order valence-electron chi connectivity index (χ1n) is 9.62. The van der Waals surface area contributed by atoms with Crippen LogP contribution >= 0.6 is 0 Å². The Kier molecular flexibility index (Phi) is 5.45. The van der Waals surface area contributed by atoms with Gasteiger partial charge in [0.25, 0.3) is 5.82 Å². The van der Waals surface area contributed by atoms with Crippen molar-refractivity contribution >= 4 is 32.3 Å². The van der Waals surface area contributed by atoms with Gasteiger partial charge in [0.1, 0.15) is 17.6 Å². The third-order valence-electron chi connectivity index (χ3n) is 5.03. The summed E-state index contributed by atoms with van der Waals surface area (Å²) in [6.45, 7) is 2.68. The summed E-state index contributed by atoms with van der Waals surface area (Å²) < 4.78 is 26.6. The first-order valence-corrected chi connectivity index (χ1v) is 11.1. The zero-order chi connectivity index (χ0) is 19.4. The molecule has 4 rings (SSSR count). The zero-order valence-electron chi connectivity index (χ0n) is 15.7. The van der Waals surface area contributed by atoms with Crippen LogP contribution in [0, 0.1) is 0 Å². The lowest BCUT2D eigenvalue weighted by Gasteiger charge is -2.14. The van der Waals surface area contributed by atoms with E-state index in [1.807, 2.05) is 18.2 Å². The van der Waals surface area contributed by atoms with Gasteiger partial charge in [0, 0.05) is 30.2 Å². The molecule has 2 heterocycles. The van der Waals surface area contributed by atoms with E-state index in [9.17, 15) is 8.42 Å². The van der Waals surface area contributed by atoms with Crippen LogP contribution in [0.25, 0.3) is 10.8 Å². The maximum absolute atomic E-state index is 12.5. The van der Waals surface area contributed by atoms with Crippen molar-refractivity contribution in [1.82, 2.24) is 4.31 Å². The van der Waals surface area contributed by atoms with Gasteiger partial charge in [-0.25, -0.2) is 13.4 Å². The predicted octanol–water partition coefficient (Wildman–Crippen LogP) is 2.96. The van der Waals surface area contributed by atoms with Crippen LogP contribution in [0.5, 0.6) is 0 Å². The smallest absolute Gasteiger partial charge is 0.272 e. The number of hydrogen-bond donors (Lipinski definition) is 2. The molecule has 0 saturated carbocycles. The van der Waals surface area contributed by atoms with Crippen molar-refractivity contribution < 1.29 is 13.4 Å². The van der Waals surface area contributed by atoms with Gasteiger partial charge in [-0.15, -0.1) is 0 Å². The molecule has 0 spiro atoms. The summed E-state index contributed by atoms with van der Waals surface area (Å²) in [5, 5.41) is 9.15. The van der Waals surface area contributed by atoms with E-state index < -0.39 is 10.0 Å². The topological polar surface area (TPSA) is 75.6 Å². The number of fused-ring (bicyclic) bond motifs is 1. The van der Waals surface area contributed by atoms with Gasteiger partial charge < -0.3 is 5.32 Å². The fraction of sp³-hybridized carbons (Fsp3) is 0.286. The molecule has 2 aromatic carbocycles. The molecule has 146 valence electrons. The summed E-state index contributed by atoms with van der Waals surface area (Å²) in [5.41, 5.74) is 1.11. The molecule has 1 aromatic heterocycles. The Morgan fingerprint density at radius 3 is 2.43 bits per heavy atom. The average Bonchev–Trinajstić information content (AvgIpc) is 3.27. The summed E-state index contributed by atoms with van der Waals surface area (Å²) in [5.74, 6) is 0.792. The third-order valence-corrected chi connectivity index (χ3v) is 6.93. The fourth-order valence-electron chi connectivity index (χ4n) is 3.53. The molecule has 1 aliphatic heterocycles. The van der Waals surface area contributed by atoms with Gasteiger partial charge in [0.15, 0.2) is 0 Å². The summed E-state index contributed by atoms with van der Waals surface area (Å²) in [6.07, 6.45) is 3.44. The van der Waals surface area contributed by atoms with Gasteiger partial charge in [-0.1, -0.05) is 36.4 Å². The van der Waals surface area contributed by atoms with Crippen molar-refractivity contribution in [3.05, 3.63) is 60.8 Å². The molecule has 0 aliphatic carbocycles. The standard InChI is InChI=1S/C21H24N4O2S/c26-28(27,25-14-3-4-15-25)18-10-11-21(24-16-18)23-13-12-22-20-9-5-7-17-6-1-2-8-19(17)20/h1-2,5-11,16,22H,3-4,12-15H2,(H,23,24)/p+1. The van der Waals surface area contributed by atoms with Crippen LogP contribution in [-0.2, 0) is 10.0 Å². The Morgan fingerprint density at radius 2 is 1.64 bits per heavy atom. The highest BCUT2D eigenvalue weighted by molar-refractivity contribution is 7.89. The molecule has 3 aromatic rings. The Balaban J connectivity index is 1.33. The highest BCUT2D eigenvalue weighted by atomic mass is 32.2. The number of H-pyrrole nitrogens is 1. The van der Waals surface area contributed by atoms with Gasteiger partial charge in [-0.05, 0) is 30.4 Å². The minimum Gasteiger partial charge on any atom is -0.381 e. The lowest BCUT2D eigenvalue weighted by molar-refractivity contribution is -0.364. The number of anilines is 2. The van der Waals surface area contributed by atoms with Crippen LogP contribution in [0.15, 0.2) is 65.7 Å². The molecule has 3 N–H and O–H groups in total. The number of rotatable bonds is 7. The number of benzene rings is 2. The van der Waals surface area contributed by atoms with Crippen LogP contribution in [0.2, 0.25) is 0 Å². The average molecular weight is 398 g/mol. The zero-order valence-corrected chi connectivity index (χ0v) is 16.5. The summed E-state index contributed by atoms with van der Waals surface area (Å²) >= 11 is 0. The van der Waals surface area contributed by atoms with Crippen molar-refractivity contribution in [3.8, 4) is 0 Å². The molecular formula is C21H25N4O2S+. The number of nitrogens with zero attached hydrogens (tertiary/aromatic N) is 1. The van der Waals surface area contributed by atoms with Crippen LogP contribution in [0.1, 0.15) is 12.8 Å². The first kappa shape index (κ1) is 18.7. The monoisotopic (exact) mass is 397 g/mol. The Hall–Kier alpha value is -2.64. The van der Waals surface area contributed by atoms with E-state index in [-0.39, 0.29) is 0 Å². The Labute approximate surface area is 165 Å². The highest BCUT2D eigenvalue weighted by Gasteiger charge is 2.27. The van der Waals surface area contributed by atoms with E-state index >= 15 is 0 Å². The van der Waals surface area contributed by atoms with E-state index in [1.54, 1.807) is 22.6 Å². The van der Waals surface area contributed by atoms with Crippen molar-refractivity contribution in [2.24, 2.45) is 0 Å².